The molecule has 0 atom stereocenters. The van der Waals surface area contributed by atoms with Crippen LogP contribution in [0.3, 0.4) is 0 Å². The van der Waals surface area contributed by atoms with Crippen LogP contribution >= 0.6 is 0 Å². The second kappa shape index (κ2) is 8.18. The third kappa shape index (κ3) is 6.47. The lowest BCUT2D eigenvalue weighted by molar-refractivity contribution is 0.238. The van der Waals surface area contributed by atoms with Gasteiger partial charge in [-0.1, -0.05) is 0 Å². The lowest BCUT2D eigenvalue weighted by Gasteiger charge is -2.23. The number of rotatable bonds is 1. The maximum absolute atomic E-state index is 5.21. The predicted octanol–water partition coefficient (Wildman–Crippen LogP) is -1.16. The van der Waals surface area contributed by atoms with E-state index in [9.17, 15) is 0 Å². The molecule has 94 valence electrons. The Labute approximate surface area is 97.4 Å². The molecule has 0 unspecified atom stereocenters. The number of piperazine rings is 1. The normalized spacial score (nSPS) is 20.6. The van der Waals surface area contributed by atoms with E-state index in [2.05, 4.69) is 15.7 Å². The number of nitrogens with zero attached hydrogens (tertiary/aromatic N) is 2. The molecule has 2 heterocycles. The summed E-state index contributed by atoms with van der Waals surface area (Å²) in [4.78, 5) is 0. The summed E-state index contributed by atoms with van der Waals surface area (Å²) in [5.41, 5.74) is 10.4. The van der Waals surface area contributed by atoms with Crippen LogP contribution in [0.5, 0.6) is 0 Å². The summed E-state index contributed by atoms with van der Waals surface area (Å²) in [5, 5.41) is 12.3. The Kier molecular flexibility index (Phi) is 6.67. The van der Waals surface area contributed by atoms with Crippen LogP contribution in [0.15, 0.2) is 5.10 Å². The molecule has 0 spiro atoms. The first-order valence-corrected chi connectivity index (χ1v) is 6.05. The van der Waals surface area contributed by atoms with Crippen LogP contribution < -0.4 is 22.1 Å². The molecule has 16 heavy (non-hydrogen) atoms. The fraction of sp³-hybridized carbons (Fsp3) is 0.900. The van der Waals surface area contributed by atoms with E-state index >= 15 is 0 Å². The van der Waals surface area contributed by atoms with Crippen LogP contribution in [0.4, 0.5) is 0 Å². The fourth-order valence-corrected chi connectivity index (χ4v) is 1.74. The average Bonchev–Trinajstić information content (AvgIpc) is 2.32. The van der Waals surface area contributed by atoms with Crippen molar-refractivity contribution in [3.8, 4) is 0 Å². The monoisotopic (exact) mass is 228 g/mol. The Morgan fingerprint density at radius 3 is 1.75 bits per heavy atom. The second-order valence-electron chi connectivity index (χ2n) is 4.04. The zero-order chi connectivity index (χ0) is 11.6. The van der Waals surface area contributed by atoms with Gasteiger partial charge in [0.15, 0.2) is 0 Å². The van der Waals surface area contributed by atoms with Crippen molar-refractivity contribution in [1.82, 2.24) is 15.6 Å². The predicted molar refractivity (Wildman–Crippen MR) is 67.0 cm³/mol. The summed E-state index contributed by atoms with van der Waals surface area (Å²) in [5.74, 6) is 0.168. The van der Waals surface area contributed by atoms with Gasteiger partial charge in [0.05, 0.1) is 0 Å². The lowest BCUT2D eigenvalue weighted by atomic mass is 10.2. The van der Waals surface area contributed by atoms with Crippen LogP contribution in [-0.2, 0) is 0 Å². The van der Waals surface area contributed by atoms with Crippen LogP contribution in [0.1, 0.15) is 19.3 Å². The van der Waals surface area contributed by atoms with Crippen LogP contribution in [0.25, 0.3) is 0 Å². The van der Waals surface area contributed by atoms with Crippen molar-refractivity contribution in [2.75, 3.05) is 39.3 Å². The maximum Gasteiger partial charge on any atom is 0.208 e. The van der Waals surface area contributed by atoms with E-state index in [4.69, 9.17) is 11.5 Å². The van der Waals surface area contributed by atoms with Gasteiger partial charge < -0.3 is 22.1 Å². The van der Waals surface area contributed by atoms with Crippen molar-refractivity contribution in [2.24, 2.45) is 16.6 Å². The highest BCUT2D eigenvalue weighted by Crippen LogP contribution is 2.07. The Hall–Kier alpha value is -1.01. The number of guanidine groups is 1. The highest BCUT2D eigenvalue weighted by Gasteiger charge is 2.06. The molecule has 2 fully saturated rings. The first kappa shape index (κ1) is 13.1. The van der Waals surface area contributed by atoms with E-state index in [0.717, 1.165) is 39.3 Å². The second-order valence-corrected chi connectivity index (χ2v) is 4.04. The lowest BCUT2D eigenvalue weighted by Crippen LogP contribution is -2.39. The van der Waals surface area contributed by atoms with Crippen molar-refractivity contribution in [1.29, 1.82) is 0 Å². The van der Waals surface area contributed by atoms with Gasteiger partial charge in [0.2, 0.25) is 5.96 Å². The molecule has 6 nitrogen and oxygen atoms in total. The fourth-order valence-electron chi connectivity index (χ4n) is 1.74. The van der Waals surface area contributed by atoms with E-state index in [-0.39, 0.29) is 5.96 Å². The van der Waals surface area contributed by atoms with Crippen LogP contribution in [0, 0.1) is 0 Å². The third-order valence-electron chi connectivity index (χ3n) is 2.55. The van der Waals surface area contributed by atoms with Crippen molar-refractivity contribution in [3.63, 3.8) is 0 Å². The summed E-state index contributed by atoms with van der Waals surface area (Å²) in [6.07, 6.45) is 3.71. The molecule has 6 heteroatoms. The van der Waals surface area contributed by atoms with E-state index in [1.165, 1.54) is 19.3 Å². The molecule has 0 radical (unpaired) electrons. The van der Waals surface area contributed by atoms with Gasteiger partial charge in [0.25, 0.3) is 0 Å². The minimum Gasteiger partial charge on any atom is -0.369 e. The molecule has 0 aliphatic carbocycles. The Balaban J connectivity index is 0.000000181. The quantitative estimate of drug-likeness (QED) is 0.336. The van der Waals surface area contributed by atoms with Gasteiger partial charge in [-0.15, -0.1) is 5.10 Å². The summed E-state index contributed by atoms with van der Waals surface area (Å²) in [7, 11) is 0. The van der Waals surface area contributed by atoms with Gasteiger partial charge in [-0.25, -0.2) is 0 Å². The summed E-state index contributed by atoms with van der Waals surface area (Å²) in [6.45, 7) is 6.55. The molecule has 0 amide bonds. The number of hydrogen-bond donors (Lipinski definition) is 4. The number of piperidine rings is 1. The van der Waals surface area contributed by atoms with Gasteiger partial charge in [-0.2, -0.15) is 0 Å². The Bertz CT molecular complexity index is 180. The highest BCUT2D eigenvalue weighted by molar-refractivity contribution is 5.75. The van der Waals surface area contributed by atoms with E-state index in [0.29, 0.717) is 0 Å². The molecule has 2 aliphatic rings. The van der Waals surface area contributed by atoms with Gasteiger partial charge >= 0.3 is 0 Å². The summed E-state index contributed by atoms with van der Waals surface area (Å²) < 4.78 is 0. The van der Waals surface area contributed by atoms with Crippen molar-refractivity contribution in [2.45, 2.75) is 19.3 Å². The molecule has 0 bridgehead atoms. The third-order valence-corrected chi connectivity index (χ3v) is 2.55. The molecule has 0 saturated carbocycles. The van der Waals surface area contributed by atoms with E-state index < -0.39 is 0 Å². The number of nitrogens with one attached hydrogen (secondary N) is 2. The molecule has 0 aromatic carbocycles. The zero-order valence-corrected chi connectivity index (χ0v) is 9.91. The van der Waals surface area contributed by atoms with Crippen LogP contribution in [-0.4, -0.2) is 50.2 Å². The van der Waals surface area contributed by atoms with E-state index in [1.54, 1.807) is 0 Å². The summed E-state index contributed by atoms with van der Waals surface area (Å²) >= 11 is 0. The number of nitrogens with two attached hydrogens (primary N) is 2. The van der Waals surface area contributed by atoms with Gasteiger partial charge in [-0.05, 0) is 19.3 Å². The first-order valence-electron chi connectivity index (χ1n) is 6.05. The smallest absolute Gasteiger partial charge is 0.208 e. The minimum absolute atomic E-state index is 0.168. The molecule has 2 aliphatic heterocycles. The zero-order valence-electron chi connectivity index (χ0n) is 9.91. The molecule has 0 aromatic rings. The highest BCUT2D eigenvalue weighted by atomic mass is 15.5. The van der Waals surface area contributed by atoms with Gasteiger partial charge in [0.1, 0.15) is 0 Å². The van der Waals surface area contributed by atoms with E-state index in [1.807, 2.05) is 5.01 Å². The average molecular weight is 228 g/mol. The SMILES string of the molecule is C1CNCCN1.NC(N)=NN1CCCCC1. The number of hydrazone groups is 1. The molecular weight excluding hydrogens is 204 g/mol. The summed E-state index contributed by atoms with van der Waals surface area (Å²) in [6, 6.07) is 0. The van der Waals surface area contributed by atoms with Crippen molar-refractivity contribution >= 4 is 5.96 Å². The Morgan fingerprint density at radius 2 is 1.38 bits per heavy atom. The molecular formula is C10H24N6. The first-order chi connectivity index (χ1) is 7.79. The topological polar surface area (TPSA) is 91.7 Å². The molecule has 0 aromatic heterocycles. The molecule has 6 N–H and O–H groups in total. The van der Waals surface area contributed by atoms with Crippen LogP contribution in [0.2, 0.25) is 0 Å². The van der Waals surface area contributed by atoms with Gasteiger partial charge in [0, 0.05) is 39.3 Å². The molecule has 2 saturated heterocycles. The largest absolute Gasteiger partial charge is 0.369 e. The minimum atomic E-state index is 0.168. The van der Waals surface area contributed by atoms with Gasteiger partial charge in [-0.3, -0.25) is 5.01 Å². The Morgan fingerprint density at radius 1 is 0.875 bits per heavy atom. The number of hydrogen-bond acceptors (Lipinski definition) is 4. The standard InChI is InChI=1S/C6H14N4.C4H10N2/c7-6(8)9-10-4-2-1-3-5-10;1-2-6-4-3-5-1/h1-5H2,(H4,7,8,9);5-6H,1-4H2. The van der Waals surface area contributed by atoms with Crippen molar-refractivity contribution in [3.05, 3.63) is 0 Å². The molecule has 2 rings (SSSR count). The maximum atomic E-state index is 5.21. The van der Waals surface area contributed by atoms with Crippen molar-refractivity contribution < 1.29 is 0 Å².